The van der Waals surface area contributed by atoms with Crippen LogP contribution in [0.5, 0.6) is 0 Å². The van der Waals surface area contributed by atoms with E-state index in [0.29, 0.717) is 41.8 Å². The first-order valence-corrected chi connectivity index (χ1v) is 6.84. The maximum absolute atomic E-state index is 11.5. The van der Waals surface area contributed by atoms with Crippen LogP contribution in [0, 0.1) is 0 Å². The first kappa shape index (κ1) is 16.1. The number of hydrogen-bond acceptors (Lipinski definition) is 3. The fourth-order valence-corrected chi connectivity index (χ4v) is 2.03. The Morgan fingerprint density at radius 3 is 2.58 bits per heavy atom. The molecule has 0 bridgehead atoms. The van der Waals surface area contributed by atoms with Crippen LogP contribution in [0.25, 0.3) is 0 Å². The Bertz CT molecular complexity index is 393. The molecule has 0 unspecified atom stereocenters. The largest absolute Gasteiger partial charge is 0.385 e. The van der Waals surface area contributed by atoms with E-state index in [9.17, 15) is 4.79 Å². The van der Waals surface area contributed by atoms with Gasteiger partial charge in [0.2, 0.25) is 5.91 Å². The highest BCUT2D eigenvalue weighted by molar-refractivity contribution is 6.39. The number of halogens is 2. The molecule has 0 spiro atoms. The molecule has 106 valence electrons. The summed E-state index contributed by atoms with van der Waals surface area (Å²) in [5.41, 5.74) is 0.665. The molecule has 19 heavy (non-hydrogen) atoms. The Morgan fingerprint density at radius 1 is 1.26 bits per heavy atom. The van der Waals surface area contributed by atoms with Crippen LogP contribution >= 0.6 is 23.2 Å². The molecular formula is C13H18Cl2N2O2. The summed E-state index contributed by atoms with van der Waals surface area (Å²) in [7, 11) is 1.64. The number of carbonyl (C=O) groups is 1. The van der Waals surface area contributed by atoms with Crippen molar-refractivity contribution in [1.29, 1.82) is 0 Å². The van der Waals surface area contributed by atoms with Gasteiger partial charge in [-0.25, -0.2) is 0 Å². The van der Waals surface area contributed by atoms with Gasteiger partial charge < -0.3 is 15.4 Å². The summed E-state index contributed by atoms with van der Waals surface area (Å²) in [6, 6.07) is 5.28. The molecule has 0 aromatic heterocycles. The van der Waals surface area contributed by atoms with Crippen molar-refractivity contribution in [2.75, 3.05) is 32.1 Å². The van der Waals surface area contributed by atoms with E-state index >= 15 is 0 Å². The fraction of sp³-hybridized carbons (Fsp3) is 0.462. The Balaban J connectivity index is 2.24. The molecule has 1 aromatic carbocycles. The van der Waals surface area contributed by atoms with Crippen molar-refractivity contribution < 1.29 is 9.53 Å². The molecule has 0 aliphatic rings. The summed E-state index contributed by atoms with van der Waals surface area (Å²) in [5.74, 6) is -0.00761. The van der Waals surface area contributed by atoms with Crippen LogP contribution in [0.2, 0.25) is 10.0 Å². The second-order valence-electron chi connectivity index (χ2n) is 3.97. The van der Waals surface area contributed by atoms with Crippen LogP contribution in [0.1, 0.15) is 12.8 Å². The van der Waals surface area contributed by atoms with Crippen LogP contribution < -0.4 is 10.6 Å². The first-order valence-electron chi connectivity index (χ1n) is 6.08. The van der Waals surface area contributed by atoms with Crippen molar-refractivity contribution in [2.24, 2.45) is 0 Å². The van der Waals surface area contributed by atoms with Gasteiger partial charge in [0.05, 0.1) is 15.7 Å². The highest BCUT2D eigenvalue weighted by Crippen LogP contribution is 2.29. The van der Waals surface area contributed by atoms with Crippen molar-refractivity contribution in [3.05, 3.63) is 28.2 Å². The van der Waals surface area contributed by atoms with E-state index < -0.39 is 0 Å². The van der Waals surface area contributed by atoms with E-state index in [0.717, 1.165) is 6.42 Å². The Labute approximate surface area is 123 Å². The minimum atomic E-state index is -0.00761. The Hall–Kier alpha value is -0.970. The number of benzene rings is 1. The molecule has 1 amide bonds. The number of anilines is 1. The molecular weight excluding hydrogens is 287 g/mol. The van der Waals surface area contributed by atoms with Gasteiger partial charge in [-0.05, 0) is 18.6 Å². The smallest absolute Gasteiger partial charge is 0.221 e. The molecule has 0 saturated heterocycles. The van der Waals surface area contributed by atoms with Gasteiger partial charge in [0.25, 0.3) is 0 Å². The molecule has 0 radical (unpaired) electrons. The van der Waals surface area contributed by atoms with E-state index in [1.807, 2.05) is 0 Å². The maximum atomic E-state index is 11.5. The average molecular weight is 305 g/mol. The van der Waals surface area contributed by atoms with E-state index in [1.165, 1.54) is 0 Å². The third-order valence-electron chi connectivity index (χ3n) is 2.46. The standard InChI is InChI=1S/C13H18Cl2N2O2/c1-19-9-3-7-16-12(18)6-8-17-13-10(14)4-2-5-11(13)15/h2,4-5,17H,3,6-9H2,1H3,(H,16,18). The van der Waals surface area contributed by atoms with Gasteiger partial charge in [-0.15, -0.1) is 0 Å². The summed E-state index contributed by atoms with van der Waals surface area (Å²) in [6.45, 7) is 1.76. The third kappa shape index (κ3) is 6.14. The zero-order valence-electron chi connectivity index (χ0n) is 10.8. The van der Waals surface area contributed by atoms with Crippen LogP contribution in [-0.4, -0.2) is 32.7 Å². The molecule has 0 fully saturated rings. The van der Waals surface area contributed by atoms with Gasteiger partial charge in [0.15, 0.2) is 0 Å². The lowest BCUT2D eigenvalue weighted by Gasteiger charge is -2.10. The SMILES string of the molecule is COCCCNC(=O)CCNc1c(Cl)cccc1Cl. The van der Waals surface area contributed by atoms with Crippen molar-refractivity contribution in [3.63, 3.8) is 0 Å². The predicted molar refractivity (Wildman–Crippen MR) is 79.1 cm³/mol. The second kappa shape index (κ2) is 9.02. The topological polar surface area (TPSA) is 50.4 Å². The number of rotatable bonds is 8. The predicted octanol–water partition coefficient (Wildman–Crippen LogP) is 2.95. The molecule has 0 heterocycles. The van der Waals surface area contributed by atoms with Gasteiger partial charge in [0.1, 0.15) is 0 Å². The molecule has 1 aromatic rings. The van der Waals surface area contributed by atoms with Gasteiger partial charge >= 0.3 is 0 Å². The monoisotopic (exact) mass is 304 g/mol. The zero-order valence-corrected chi connectivity index (χ0v) is 12.4. The van der Waals surface area contributed by atoms with Crippen LogP contribution in [0.15, 0.2) is 18.2 Å². The number of hydrogen-bond donors (Lipinski definition) is 2. The first-order chi connectivity index (χ1) is 9.15. The highest BCUT2D eigenvalue weighted by atomic mass is 35.5. The molecule has 0 aliphatic heterocycles. The Morgan fingerprint density at radius 2 is 1.95 bits per heavy atom. The number of methoxy groups -OCH3 is 1. The van der Waals surface area contributed by atoms with Gasteiger partial charge in [-0.1, -0.05) is 29.3 Å². The Kier molecular flexibility index (Phi) is 7.63. The van der Waals surface area contributed by atoms with Crippen LogP contribution in [0.3, 0.4) is 0 Å². The lowest BCUT2D eigenvalue weighted by Crippen LogP contribution is -2.26. The zero-order chi connectivity index (χ0) is 14.1. The molecule has 4 nitrogen and oxygen atoms in total. The van der Waals surface area contributed by atoms with E-state index in [2.05, 4.69) is 10.6 Å². The number of ether oxygens (including phenoxy) is 1. The molecule has 2 N–H and O–H groups in total. The van der Waals surface area contributed by atoms with Crippen molar-refractivity contribution in [1.82, 2.24) is 5.32 Å². The number of carbonyl (C=O) groups excluding carboxylic acids is 1. The van der Waals surface area contributed by atoms with Gasteiger partial charge in [-0.2, -0.15) is 0 Å². The van der Waals surface area contributed by atoms with Crippen molar-refractivity contribution in [2.45, 2.75) is 12.8 Å². The minimum Gasteiger partial charge on any atom is -0.385 e. The summed E-state index contributed by atoms with van der Waals surface area (Å²) in [5, 5.41) is 6.97. The maximum Gasteiger partial charge on any atom is 0.221 e. The molecule has 1 rings (SSSR count). The minimum absolute atomic E-state index is 0.00761. The van der Waals surface area contributed by atoms with E-state index in [4.69, 9.17) is 27.9 Å². The quantitative estimate of drug-likeness (QED) is 0.726. The molecule has 0 aliphatic carbocycles. The highest BCUT2D eigenvalue weighted by Gasteiger charge is 2.05. The molecule has 0 saturated carbocycles. The summed E-state index contributed by atoms with van der Waals surface area (Å²) in [4.78, 5) is 11.5. The molecule has 6 heteroatoms. The number of para-hydroxylation sites is 1. The van der Waals surface area contributed by atoms with E-state index in [1.54, 1.807) is 25.3 Å². The van der Waals surface area contributed by atoms with Gasteiger partial charge in [-0.3, -0.25) is 4.79 Å². The summed E-state index contributed by atoms with van der Waals surface area (Å²) in [6.07, 6.45) is 1.18. The lowest BCUT2D eigenvalue weighted by molar-refractivity contribution is -0.120. The number of nitrogens with one attached hydrogen (secondary N) is 2. The van der Waals surface area contributed by atoms with Gasteiger partial charge in [0, 0.05) is 33.2 Å². The second-order valence-corrected chi connectivity index (χ2v) is 4.78. The fourth-order valence-electron chi connectivity index (χ4n) is 1.50. The summed E-state index contributed by atoms with van der Waals surface area (Å²) >= 11 is 12.0. The number of amides is 1. The van der Waals surface area contributed by atoms with Crippen molar-refractivity contribution in [3.8, 4) is 0 Å². The van der Waals surface area contributed by atoms with Crippen LogP contribution in [0.4, 0.5) is 5.69 Å². The van der Waals surface area contributed by atoms with Crippen LogP contribution in [-0.2, 0) is 9.53 Å². The third-order valence-corrected chi connectivity index (χ3v) is 3.09. The van der Waals surface area contributed by atoms with E-state index in [-0.39, 0.29) is 5.91 Å². The van der Waals surface area contributed by atoms with Crippen molar-refractivity contribution >= 4 is 34.8 Å². The molecule has 0 atom stereocenters. The lowest BCUT2D eigenvalue weighted by atomic mass is 10.3. The normalized spacial score (nSPS) is 10.3. The summed E-state index contributed by atoms with van der Waals surface area (Å²) < 4.78 is 4.90. The average Bonchev–Trinajstić information content (AvgIpc) is 2.38.